The number of rotatable bonds is 4. The molecule has 126 valence electrons. The van der Waals surface area contributed by atoms with E-state index in [2.05, 4.69) is 0 Å². The molecule has 1 saturated heterocycles. The molecule has 0 spiro atoms. The zero-order chi connectivity index (χ0) is 17.4. The van der Waals surface area contributed by atoms with Crippen LogP contribution in [0, 0.1) is 5.82 Å². The Morgan fingerprint density at radius 2 is 1.58 bits per heavy atom. The van der Waals surface area contributed by atoms with Crippen molar-refractivity contribution in [3.63, 3.8) is 0 Å². The molecule has 2 aromatic rings. The van der Waals surface area contributed by atoms with Gasteiger partial charge in [0.1, 0.15) is 6.61 Å². The number of hydrogen-bond acceptors (Lipinski definition) is 3. The topological polar surface area (TPSA) is 27.7 Å². The molecule has 1 aliphatic heterocycles. The molecule has 3 rings (SSSR count). The van der Waals surface area contributed by atoms with E-state index in [9.17, 15) is 4.39 Å². The van der Waals surface area contributed by atoms with Crippen molar-refractivity contribution in [1.82, 2.24) is 0 Å². The van der Waals surface area contributed by atoms with Crippen LogP contribution in [0.25, 0.3) is 0 Å². The minimum atomic E-state index is -0.533. The Hall–Kier alpha value is -1.85. The van der Waals surface area contributed by atoms with Gasteiger partial charge in [0.25, 0.3) is 0 Å². The molecule has 0 saturated carbocycles. The third-order valence-electron chi connectivity index (χ3n) is 4.72. The normalized spacial score (nSPS) is 18.6. The van der Waals surface area contributed by atoms with Crippen molar-refractivity contribution in [1.29, 1.82) is 0 Å². The summed E-state index contributed by atoms with van der Waals surface area (Å²) in [4.78, 5) is 0. The van der Waals surface area contributed by atoms with Crippen molar-refractivity contribution in [2.75, 3.05) is 0 Å². The molecule has 0 aliphatic carbocycles. The van der Waals surface area contributed by atoms with Crippen molar-refractivity contribution in [3.8, 4) is 5.75 Å². The van der Waals surface area contributed by atoms with Crippen LogP contribution in [0.2, 0.25) is 0 Å². The number of benzene rings is 2. The average molecular weight is 328 g/mol. The first kappa shape index (κ1) is 17.0. The Kier molecular flexibility index (Phi) is 4.41. The second-order valence-electron chi connectivity index (χ2n) is 7.05. The number of hydrogen-bond donors (Lipinski definition) is 0. The van der Waals surface area contributed by atoms with Gasteiger partial charge in [-0.2, -0.15) is 0 Å². The van der Waals surface area contributed by atoms with E-state index in [-0.39, 0.29) is 5.75 Å². The Balaban J connectivity index is 1.77. The van der Waals surface area contributed by atoms with Gasteiger partial charge in [0, 0.05) is 0 Å². The largest absolute Gasteiger partial charge is 0.494 e. The minimum Gasteiger partial charge on any atom is -0.486 e. The number of halogens is 1. The summed E-state index contributed by atoms with van der Waals surface area (Å²) >= 11 is 0. The van der Waals surface area contributed by atoms with Crippen molar-refractivity contribution in [2.45, 2.75) is 45.5 Å². The van der Waals surface area contributed by atoms with E-state index in [1.54, 1.807) is 12.1 Å². The summed E-state index contributed by atoms with van der Waals surface area (Å²) in [5.74, 6) is -0.197. The molecule has 0 amide bonds. The highest BCUT2D eigenvalue weighted by Gasteiger charge is 2.51. The van der Waals surface area contributed by atoms with Gasteiger partial charge >= 0.3 is 7.12 Å². The lowest BCUT2D eigenvalue weighted by molar-refractivity contribution is 0.00578. The van der Waals surface area contributed by atoms with E-state index in [1.807, 2.05) is 58.0 Å². The van der Waals surface area contributed by atoms with Gasteiger partial charge in [0.05, 0.1) is 11.2 Å². The van der Waals surface area contributed by atoms with Crippen LogP contribution >= 0.6 is 0 Å². The summed E-state index contributed by atoms with van der Waals surface area (Å²) in [6.45, 7) is 8.27. The molecule has 0 atom stereocenters. The second-order valence-corrected chi connectivity index (χ2v) is 7.05. The van der Waals surface area contributed by atoms with Gasteiger partial charge in [-0.25, -0.2) is 4.39 Å². The van der Waals surface area contributed by atoms with Crippen LogP contribution in [0.4, 0.5) is 4.39 Å². The Labute approximate surface area is 142 Å². The Bertz CT molecular complexity index is 700. The molecular formula is C19H22BFO3. The third-order valence-corrected chi connectivity index (χ3v) is 4.72. The minimum absolute atomic E-state index is 0.200. The monoisotopic (exact) mass is 328 g/mol. The molecule has 1 aliphatic rings. The maximum Gasteiger partial charge on any atom is 0.494 e. The van der Waals surface area contributed by atoms with Crippen LogP contribution in [0.5, 0.6) is 5.75 Å². The number of ether oxygens (including phenoxy) is 1. The predicted octanol–water partition coefficient (Wildman–Crippen LogP) is 3.70. The molecule has 0 radical (unpaired) electrons. The molecule has 1 fully saturated rings. The highest BCUT2D eigenvalue weighted by atomic mass is 19.1. The average Bonchev–Trinajstić information content (AvgIpc) is 2.75. The van der Waals surface area contributed by atoms with Crippen LogP contribution in [-0.4, -0.2) is 18.3 Å². The zero-order valence-corrected chi connectivity index (χ0v) is 14.5. The SMILES string of the molecule is CC1(C)OB(c2ccc(F)c(OCc3ccccc3)c2)OC1(C)C. The van der Waals surface area contributed by atoms with Crippen LogP contribution < -0.4 is 10.2 Å². The van der Waals surface area contributed by atoms with E-state index in [1.165, 1.54) is 6.07 Å². The molecule has 0 unspecified atom stereocenters. The predicted molar refractivity (Wildman–Crippen MR) is 92.9 cm³/mol. The van der Waals surface area contributed by atoms with E-state index >= 15 is 0 Å². The Morgan fingerprint density at radius 1 is 0.958 bits per heavy atom. The van der Waals surface area contributed by atoms with Crippen LogP contribution in [0.15, 0.2) is 48.5 Å². The van der Waals surface area contributed by atoms with Crippen molar-refractivity contribution < 1.29 is 18.4 Å². The van der Waals surface area contributed by atoms with Crippen molar-refractivity contribution in [3.05, 3.63) is 59.9 Å². The summed E-state index contributed by atoms with van der Waals surface area (Å²) in [5.41, 5.74) is 0.866. The van der Waals surface area contributed by atoms with E-state index < -0.39 is 24.1 Å². The van der Waals surface area contributed by atoms with Crippen LogP contribution in [-0.2, 0) is 15.9 Å². The summed E-state index contributed by atoms with van der Waals surface area (Å²) in [6.07, 6.45) is 0. The highest BCUT2D eigenvalue weighted by Crippen LogP contribution is 2.36. The van der Waals surface area contributed by atoms with Gasteiger partial charge in [-0.1, -0.05) is 36.4 Å². The highest BCUT2D eigenvalue weighted by molar-refractivity contribution is 6.62. The van der Waals surface area contributed by atoms with Gasteiger partial charge < -0.3 is 14.0 Å². The lowest BCUT2D eigenvalue weighted by Crippen LogP contribution is -2.41. The van der Waals surface area contributed by atoms with Gasteiger partial charge in [-0.05, 0) is 50.9 Å². The van der Waals surface area contributed by atoms with Crippen molar-refractivity contribution in [2.24, 2.45) is 0 Å². The lowest BCUT2D eigenvalue weighted by Gasteiger charge is -2.32. The summed E-state index contributed by atoms with van der Waals surface area (Å²) in [7, 11) is -0.533. The summed E-state index contributed by atoms with van der Waals surface area (Å²) < 4.78 is 31.7. The fraction of sp³-hybridized carbons (Fsp3) is 0.368. The van der Waals surface area contributed by atoms with Gasteiger partial charge in [0.15, 0.2) is 11.6 Å². The second kappa shape index (κ2) is 6.23. The van der Waals surface area contributed by atoms with E-state index in [0.717, 1.165) is 11.0 Å². The first-order chi connectivity index (χ1) is 11.3. The standard InChI is InChI=1S/C19H22BFO3/c1-18(2)19(3,4)24-20(23-18)15-10-11-16(21)17(12-15)22-13-14-8-6-5-7-9-14/h5-12H,13H2,1-4H3. The molecule has 0 bridgehead atoms. The molecule has 0 aromatic heterocycles. The van der Waals surface area contributed by atoms with Crippen molar-refractivity contribution >= 4 is 12.6 Å². The molecule has 1 heterocycles. The molecule has 2 aromatic carbocycles. The van der Waals surface area contributed by atoms with Crippen LogP contribution in [0.1, 0.15) is 33.3 Å². The molecule has 0 N–H and O–H groups in total. The molecule has 3 nitrogen and oxygen atoms in total. The molecular weight excluding hydrogens is 306 g/mol. The van der Waals surface area contributed by atoms with E-state index in [4.69, 9.17) is 14.0 Å². The fourth-order valence-corrected chi connectivity index (χ4v) is 2.49. The quantitative estimate of drug-likeness (QED) is 0.801. The van der Waals surface area contributed by atoms with E-state index in [0.29, 0.717) is 6.61 Å². The van der Waals surface area contributed by atoms with Gasteiger partial charge in [-0.3, -0.25) is 0 Å². The third kappa shape index (κ3) is 3.33. The fourth-order valence-electron chi connectivity index (χ4n) is 2.49. The molecule has 5 heteroatoms. The van der Waals surface area contributed by atoms with Crippen LogP contribution in [0.3, 0.4) is 0 Å². The van der Waals surface area contributed by atoms with Gasteiger partial charge in [-0.15, -0.1) is 0 Å². The first-order valence-corrected chi connectivity index (χ1v) is 8.10. The summed E-state index contributed by atoms with van der Waals surface area (Å²) in [5, 5.41) is 0. The maximum absolute atomic E-state index is 14.1. The molecule has 24 heavy (non-hydrogen) atoms. The lowest BCUT2D eigenvalue weighted by atomic mass is 9.79. The zero-order valence-electron chi connectivity index (χ0n) is 14.5. The maximum atomic E-state index is 14.1. The smallest absolute Gasteiger partial charge is 0.486 e. The Morgan fingerprint density at radius 3 is 2.21 bits per heavy atom. The van der Waals surface area contributed by atoms with Gasteiger partial charge in [0.2, 0.25) is 0 Å². The summed E-state index contributed by atoms with van der Waals surface area (Å²) in [6, 6.07) is 14.4. The first-order valence-electron chi connectivity index (χ1n) is 8.10.